The van der Waals surface area contributed by atoms with Crippen molar-refractivity contribution in [2.24, 2.45) is 0 Å². The summed E-state index contributed by atoms with van der Waals surface area (Å²) in [6.45, 7) is 10.9. The van der Waals surface area contributed by atoms with Gasteiger partial charge in [-0.25, -0.2) is 10.2 Å². The molecule has 1 heterocycles. The Balaban J connectivity index is 0.00000121. The molecule has 0 bridgehead atoms. The highest BCUT2D eigenvalue weighted by Crippen LogP contribution is 2.07. The molecule has 1 amide bonds. The van der Waals surface area contributed by atoms with Crippen LogP contribution in [0.25, 0.3) is 0 Å². The van der Waals surface area contributed by atoms with Gasteiger partial charge in [-0.2, -0.15) is 0 Å². The fraction of sp³-hybridized carbons (Fsp3) is 0.917. The summed E-state index contributed by atoms with van der Waals surface area (Å²) in [4.78, 5) is 11.3. The predicted octanol–water partition coefficient (Wildman–Crippen LogP) is 2.22. The molecule has 0 aromatic carbocycles. The number of hydrazine groups is 1. The zero-order chi connectivity index (χ0) is 13.3. The number of amides is 1. The molecule has 2 N–H and O–H groups in total. The molecule has 1 atom stereocenters. The lowest BCUT2D eigenvalue weighted by molar-refractivity contribution is 0.0392. The van der Waals surface area contributed by atoms with Crippen molar-refractivity contribution in [1.29, 1.82) is 0 Å². The Morgan fingerprint density at radius 3 is 2.47 bits per heavy atom. The average molecular weight is 246 g/mol. The summed E-state index contributed by atoms with van der Waals surface area (Å²) in [5, 5.41) is 0. The highest BCUT2D eigenvalue weighted by Gasteiger charge is 2.18. The third-order valence-electron chi connectivity index (χ3n) is 1.94. The average Bonchev–Trinajstić information content (AvgIpc) is 2.28. The summed E-state index contributed by atoms with van der Waals surface area (Å²) < 4.78 is 10.3. The molecule has 0 aliphatic carbocycles. The summed E-state index contributed by atoms with van der Waals surface area (Å²) in [6, 6.07) is 0.186. The molecule has 102 valence electrons. The first-order valence-electron chi connectivity index (χ1n) is 6.29. The minimum Gasteiger partial charge on any atom is -0.443 e. The van der Waals surface area contributed by atoms with Crippen LogP contribution < -0.4 is 10.9 Å². The number of rotatable bonds is 2. The van der Waals surface area contributed by atoms with E-state index in [9.17, 15) is 4.79 Å². The topological polar surface area (TPSA) is 59.6 Å². The Hall–Kier alpha value is -0.810. The predicted molar refractivity (Wildman–Crippen MR) is 67.7 cm³/mol. The third-order valence-corrected chi connectivity index (χ3v) is 1.94. The number of carbonyl (C=O) groups is 1. The van der Waals surface area contributed by atoms with E-state index in [1.807, 2.05) is 34.6 Å². The minimum absolute atomic E-state index is 0.186. The van der Waals surface area contributed by atoms with Crippen LogP contribution in [-0.4, -0.2) is 30.9 Å². The SMILES string of the molecule is CC.CC(C)(C)OC(=O)NNC1CCCOC1. The van der Waals surface area contributed by atoms with Crippen LogP contribution in [-0.2, 0) is 9.47 Å². The Labute approximate surface area is 104 Å². The van der Waals surface area contributed by atoms with E-state index in [-0.39, 0.29) is 6.04 Å². The van der Waals surface area contributed by atoms with Gasteiger partial charge in [0.1, 0.15) is 5.60 Å². The maximum atomic E-state index is 11.3. The van der Waals surface area contributed by atoms with Gasteiger partial charge in [-0.3, -0.25) is 5.43 Å². The Morgan fingerprint density at radius 2 is 2.00 bits per heavy atom. The molecule has 1 aliphatic rings. The van der Waals surface area contributed by atoms with Crippen molar-refractivity contribution in [3.05, 3.63) is 0 Å². The number of nitrogens with one attached hydrogen (secondary N) is 2. The fourth-order valence-electron chi connectivity index (χ4n) is 1.32. The van der Waals surface area contributed by atoms with E-state index >= 15 is 0 Å². The molecule has 1 rings (SSSR count). The normalized spacial score (nSPS) is 19.9. The van der Waals surface area contributed by atoms with Crippen LogP contribution in [0, 0.1) is 0 Å². The number of ether oxygens (including phenoxy) is 2. The molecule has 0 aromatic rings. The largest absolute Gasteiger partial charge is 0.443 e. The molecule has 0 radical (unpaired) electrons. The van der Waals surface area contributed by atoms with Gasteiger partial charge in [0, 0.05) is 12.6 Å². The van der Waals surface area contributed by atoms with Gasteiger partial charge in [-0.1, -0.05) is 13.8 Å². The minimum atomic E-state index is -0.463. The van der Waals surface area contributed by atoms with E-state index < -0.39 is 11.7 Å². The molecule has 5 heteroatoms. The van der Waals surface area contributed by atoms with Crippen molar-refractivity contribution in [3.8, 4) is 0 Å². The Kier molecular flexibility index (Phi) is 7.91. The van der Waals surface area contributed by atoms with Crippen LogP contribution in [0.5, 0.6) is 0 Å². The van der Waals surface area contributed by atoms with Crippen molar-refractivity contribution in [2.45, 2.75) is 59.1 Å². The molecule has 1 unspecified atom stereocenters. The van der Waals surface area contributed by atoms with Crippen LogP contribution in [0.2, 0.25) is 0 Å². The number of hydrogen-bond donors (Lipinski definition) is 2. The van der Waals surface area contributed by atoms with E-state index in [0.717, 1.165) is 19.4 Å². The maximum absolute atomic E-state index is 11.3. The highest BCUT2D eigenvalue weighted by atomic mass is 16.6. The summed E-state index contributed by atoms with van der Waals surface area (Å²) in [5.74, 6) is 0. The van der Waals surface area contributed by atoms with E-state index in [1.54, 1.807) is 0 Å². The first-order valence-corrected chi connectivity index (χ1v) is 6.29. The quantitative estimate of drug-likeness (QED) is 0.733. The number of carbonyl (C=O) groups excluding carboxylic acids is 1. The van der Waals surface area contributed by atoms with Gasteiger partial charge in [0.15, 0.2) is 0 Å². The van der Waals surface area contributed by atoms with Crippen LogP contribution in [0.15, 0.2) is 0 Å². The molecule has 0 aromatic heterocycles. The van der Waals surface area contributed by atoms with Crippen molar-refractivity contribution < 1.29 is 14.3 Å². The van der Waals surface area contributed by atoms with Crippen molar-refractivity contribution in [2.75, 3.05) is 13.2 Å². The highest BCUT2D eigenvalue weighted by molar-refractivity contribution is 5.67. The second kappa shape index (κ2) is 8.31. The summed E-state index contributed by atoms with van der Waals surface area (Å²) >= 11 is 0. The Morgan fingerprint density at radius 1 is 1.35 bits per heavy atom. The lowest BCUT2D eigenvalue weighted by Gasteiger charge is -2.25. The first-order chi connectivity index (χ1) is 7.97. The van der Waals surface area contributed by atoms with Gasteiger partial charge in [0.25, 0.3) is 0 Å². The fourth-order valence-corrected chi connectivity index (χ4v) is 1.32. The van der Waals surface area contributed by atoms with Crippen LogP contribution in [0.4, 0.5) is 4.79 Å². The van der Waals surface area contributed by atoms with Crippen molar-refractivity contribution in [1.82, 2.24) is 10.9 Å². The Bertz CT molecular complexity index is 208. The number of hydrogen-bond acceptors (Lipinski definition) is 4. The van der Waals surface area contributed by atoms with Crippen LogP contribution in [0.1, 0.15) is 47.5 Å². The van der Waals surface area contributed by atoms with Gasteiger partial charge in [0.2, 0.25) is 0 Å². The van der Waals surface area contributed by atoms with Crippen molar-refractivity contribution >= 4 is 6.09 Å². The van der Waals surface area contributed by atoms with E-state index in [1.165, 1.54) is 0 Å². The summed E-state index contributed by atoms with van der Waals surface area (Å²) in [6.07, 6.45) is 1.58. The van der Waals surface area contributed by atoms with Crippen molar-refractivity contribution in [3.63, 3.8) is 0 Å². The molecular weight excluding hydrogens is 220 g/mol. The molecule has 0 saturated carbocycles. The van der Waals surface area contributed by atoms with Crippen LogP contribution >= 0.6 is 0 Å². The van der Waals surface area contributed by atoms with Gasteiger partial charge in [-0.15, -0.1) is 0 Å². The van der Waals surface area contributed by atoms with Gasteiger partial charge < -0.3 is 9.47 Å². The zero-order valence-electron chi connectivity index (χ0n) is 11.6. The lowest BCUT2D eigenvalue weighted by atomic mass is 10.1. The molecule has 1 fully saturated rings. The van der Waals surface area contributed by atoms with Crippen LogP contribution in [0.3, 0.4) is 0 Å². The molecular formula is C12H26N2O3. The first kappa shape index (κ1) is 16.2. The maximum Gasteiger partial charge on any atom is 0.422 e. The third kappa shape index (κ3) is 8.94. The van der Waals surface area contributed by atoms with Gasteiger partial charge in [0.05, 0.1) is 6.61 Å². The molecule has 17 heavy (non-hydrogen) atoms. The lowest BCUT2D eigenvalue weighted by Crippen LogP contribution is -2.49. The van der Waals surface area contributed by atoms with Gasteiger partial charge in [-0.05, 0) is 33.6 Å². The monoisotopic (exact) mass is 246 g/mol. The zero-order valence-corrected chi connectivity index (χ0v) is 11.6. The molecule has 5 nitrogen and oxygen atoms in total. The summed E-state index contributed by atoms with van der Waals surface area (Å²) in [5.41, 5.74) is 4.95. The molecule has 1 aliphatic heterocycles. The van der Waals surface area contributed by atoms with E-state index in [0.29, 0.717) is 6.61 Å². The smallest absolute Gasteiger partial charge is 0.422 e. The second-order valence-corrected chi connectivity index (χ2v) is 4.69. The van der Waals surface area contributed by atoms with Gasteiger partial charge >= 0.3 is 6.09 Å². The van der Waals surface area contributed by atoms with E-state index in [2.05, 4.69) is 10.9 Å². The second-order valence-electron chi connectivity index (χ2n) is 4.69. The van der Waals surface area contributed by atoms with E-state index in [4.69, 9.17) is 9.47 Å². The standard InChI is InChI=1S/C10H20N2O3.C2H6/c1-10(2,3)15-9(13)12-11-8-5-4-6-14-7-8;1-2/h8,11H,4-7H2,1-3H3,(H,12,13);1-2H3. The molecule has 1 saturated heterocycles. The molecule has 0 spiro atoms. The summed E-state index contributed by atoms with van der Waals surface area (Å²) in [7, 11) is 0.